The zero-order valence-corrected chi connectivity index (χ0v) is 22.2. The monoisotopic (exact) mass is 615 g/mol. The average molecular weight is 616 g/mol. The summed E-state index contributed by atoms with van der Waals surface area (Å²) in [6, 6.07) is 0. The summed E-state index contributed by atoms with van der Waals surface area (Å²) in [4.78, 5) is 93.6. The number of esters is 3. The van der Waals surface area contributed by atoms with Crippen molar-refractivity contribution in [3.63, 3.8) is 0 Å². The van der Waals surface area contributed by atoms with Crippen molar-refractivity contribution < 1.29 is 86.0 Å². The Balaban J connectivity index is 6.68. The minimum Gasteiger partial charge on any atom is -0.481 e. The van der Waals surface area contributed by atoms with Gasteiger partial charge in [-0.2, -0.15) is 8.42 Å². The number of hydrogen-bond donors (Lipinski definition) is 5. The van der Waals surface area contributed by atoms with E-state index in [0.29, 0.717) is 4.90 Å². The topological polar surface area (TPSA) is 303 Å². The summed E-state index contributed by atoms with van der Waals surface area (Å²) in [5.74, 6) is -12.3. The molecule has 0 bridgehead atoms. The van der Waals surface area contributed by atoms with Crippen LogP contribution in [0.25, 0.3) is 0 Å². The molecule has 0 radical (unpaired) electrons. The van der Waals surface area contributed by atoms with Gasteiger partial charge in [-0.25, -0.2) is 0 Å². The first-order chi connectivity index (χ1) is 18.9. The maximum atomic E-state index is 13.0. The number of hydrogen-bond acceptors (Lipinski definition) is 13. The second-order valence-corrected chi connectivity index (χ2v) is 9.72. The number of carboxylic acids is 4. The standard InChI is InChI=1S/C21H29NO18S/c23-13(1-2-14(24)25)22(9-10-41(35,36)37)21(40-20(34)8-5-17(30)31,11-38-18(32)6-3-15(26)27)12-39-19(33)7-4-16(28)29/h1-12H2,(H,24,25)(H,26,27)(H,28,29)(H,30,31)(H,35,36,37). The Bertz CT molecular complexity index is 1080. The number of amides is 1. The number of carboxylic acid groups (broad SMARTS) is 4. The van der Waals surface area contributed by atoms with E-state index in [9.17, 15) is 51.3 Å². The predicted octanol–water partition coefficient (Wildman–Crippen LogP) is -1.51. The molecular weight excluding hydrogens is 586 g/mol. The SMILES string of the molecule is O=C(O)CCC(=O)OCC(COC(=O)CCC(=O)O)(OC(=O)CCC(=O)O)N(CCS(=O)(=O)O)C(=O)CCC(=O)O. The van der Waals surface area contributed by atoms with Gasteiger partial charge < -0.3 is 34.6 Å². The minimum atomic E-state index is -4.87. The van der Waals surface area contributed by atoms with Gasteiger partial charge in [0, 0.05) is 13.0 Å². The largest absolute Gasteiger partial charge is 0.481 e. The molecule has 0 saturated heterocycles. The number of carbonyl (C=O) groups is 8. The summed E-state index contributed by atoms with van der Waals surface area (Å²) < 4.78 is 47.1. The van der Waals surface area contributed by atoms with Gasteiger partial charge in [-0.1, -0.05) is 0 Å². The molecule has 0 aromatic rings. The minimum absolute atomic E-state index is 0.317. The van der Waals surface area contributed by atoms with Gasteiger partial charge in [-0.15, -0.1) is 0 Å². The van der Waals surface area contributed by atoms with Gasteiger partial charge in [0.25, 0.3) is 15.8 Å². The normalized spacial score (nSPS) is 11.1. The van der Waals surface area contributed by atoms with E-state index in [1.54, 1.807) is 0 Å². The Morgan fingerprint density at radius 3 is 1.32 bits per heavy atom. The summed E-state index contributed by atoms with van der Waals surface area (Å²) in [6.45, 7) is -3.63. The molecule has 0 aromatic heterocycles. The third-order valence-electron chi connectivity index (χ3n) is 4.77. The van der Waals surface area contributed by atoms with Gasteiger partial charge in [0.1, 0.15) is 0 Å². The summed E-state index contributed by atoms with van der Waals surface area (Å²) in [6.07, 6.45) is -6.45. The molecule has 232 valence electrons. The summed E-state index contributed by atoms with van der Waals surface area (Å²) in [5.41, 5.74) is -2.81. The molecule has 1 amide bonds. The molecule has 0 rings (SSSR count). The van der Waals surface area contributed by atoms with Crippen LogP contribution in [-0.2, 0) is 62.7 Å². The van der Waals surface area contributed by atoms with Crippen LogP contribution in [0.3, 0.4) is 0 Å². The third kappa shape index (κ3) is 17.1. The van der Waals surface area contributed by atoms with Crippen LogP contribution in [0.4, 0.5) is 0 Å². The Morgan fingerprint density at radius 2 is 0.951 bits per heavy atom. The number of ether oxygens (including phenoxy) is 3. The Morgan fingerprint density at radius 1 is 0.585 bits per heavy atom. The maximum Gasteiger partial charge on any atom is 0.308 e. The van der Waals surface area contributed by atoms with Crippen LogP contribution in [0, 0.1) is 0 Å². The highest BCUT2D eigenvalue weighted by molar-refractivity contribution is 7.85. The average Bonchev–Trinajstić information content (AvgIpc) is 2.84. The molecule has 0 aliphatic rings. The second-order valence-electron chi connectivity index (χ2n) is 8.15. The highest BCUT2D eigenvalue weighted by Crippen LogP contribution is 2.24. The van der Waals surface area contributed by atoms with Crippen LogP contribution in [0.15, 0.2) is 0 Å². The quantitative estimate of drug-likeness (QED) is 0.0424. The number of carbonyl (C=O) groups excluding carboxylic acids is 4. The van der Waals surface area contributed by atoms with Gasteiger partial charge in [-0.3, -0.25) is 47.8 Å². The van der Waals surface area contributed by atoms with E-state index in [1.165, 1.54) is 0 Å². The molecular formula is C21H29NO18S. The summed E-state index contributed by atoms with van der Waals surface area (Å²) in [5, 5.41) is 35.3. The molecule has 41 heavy (non-hydrogen) atoms. The molecule has 0 aromatic carbocycles. The molecule has 0 heterocycles. The lowest BCUT2D eigenvalue weighted by Gasteiger charge is -2.41. The molecule has 0 aliphatic heterocycles. The highest BCUT2D eigenvalue weighted by Gasteiger charge is 2.47. The molecule has 0 unspecified atom stereocenters. The van der Waals surface area contributed by atoms with Crippen molar-refractivity contribution in [2.75, 3.05) is 25.5 Å². The van der Waals surface area contributed by atoms with Crippen LogP contribution < -0.4 is 0 Å². The fourth-order valence-electron chi connectivity index (χ4n) is 2.84. The van der Waals surface area contributed by atoms with Crippen molar-refractivity contribution >= 4 is 57.8 Å². The molecule has 20 heteroatoms. The van der Waals surface area contributed by atoms with E-state index in [-0.39, 0.29) is 0 Å². The van der Waals surface area contributed by atoms with Crippen molar-refractivity contribution in [3.8, 4) is 0 Å². The second kappa shape index (κ2) is 17.4. The Labute approximate surface area is 231 Å². The van der Waals surface area contributed by atoms with Crippen molar-refractivity contribution in [1.82, 2.24) is 4.90 Å². The lowest BCUT2D eigenvalue weighted by Crippen LogP contribution is -2.62. The molecule has 0 aliphatic carbocycles. The van der Waals surface area contributed by atoms with E-state index < -0.39 is 140 Å². The zero-order chi connectivity index (χ0) is 31.8. The zero-order valence-electron chi connectivity index (χ0n) is 21.4. The lowest BCUT2D eigenvalue weighted by atomic mass is 10.1. The molecule has 19 nitrogen and oxygen atoms in total. The lowest BCUT2D eigenvalue weighted by molar-refractivity contribution is -0.220. The predicted molar refractivity (Wildman–Crippen MR) is 126 cm³/mol. The van der Waals surface area contributed by atoms with E-state index in [0.717, 1.165) is 0 Å². The van der Waals surface area contributed by atoms with E-state index in [2.05, 4.69) is 0 Å². The fourth-order valence-corrected chi connectivity index (χ4v) is 3.26. The van der Waals surface area contributed by atoms with Gasteiger partial charge in [0.2, 0.25) is 5.91 Å². The van der Waals surface area contributed by atoms with Gasteiger partial charge in [-0.05, 0) is 0 Å². The smallest absolute Gasteiger partial charge is 0.308 e. The fraction of sp³-hybridized carbons (Fsp3) is 0.619. The van der Waals surface area contributed by atoms with Gasteiger partial charge >= 0.3 is 41.8 Å². The molecule has 0 atom stereocenters. The first-order valence-corrected chi connectivity index (χ1v) is 13.1. The molecule has 0 fully saturated rings. The molecule has 5 N–H and O–H groups in total. The van der Waals surface area contributed by atoms with Crippen molar-refractivity contribution in [2.45, 2.75) is 57.1 Å². The maximum absolute atomic E-state index is 13.0. The molecule has 0 spiro atoms. The number of rotatable bonds is 21. The first-order valence-electron chi connectivity index (χ1n) is 11.5. The van der Waals surface area contributed by atoms with E-state index >= 15 is 0 Å². The van der Waals surface area contributed by atoms with Crippen LogP contribution in [0.5, 0.6) is 0 Å². The van der Waals surface area contributed by atoms with Crippen LogP contribution in [0.2, 0.25) is 0 Å². The number of aliphatic carboxylic acids is 4. The van der Waals surface area contributed by atoms with Crippen molar-refractivity contribution in [3.05, 3.63) is 0 Å². The molecule has 0 saturated carbocycles. The Hall–Kier alpha value is -4.33. The van der Waals surface area contributed by atoms with Crippen molar-refractivity contribution in [1.29, 1.82) is 0 Å². The van der Waals surface area contributed by atoms with Crippen LogP contribution in [-0.4, -0.2) is 117 Å². The van der Waals surface area contributed by atoms with E-state index in [1.807, 2.05) is 0 Å². The van der Waals surface area contributed by atoms with Crippen LogP contribution >= 0.6 is 0 Å². The van der Waals surface area contributed by atoms with Gasteiger partial charge in [0.15, 0.2) is 13.2 Å². The van der Waals surface area contributed by atoms with E-state index in [4.69, 9.17) is 34.6 Å². The summed E-state index contributed by atoms with van der Waals surface area (Å²) >= 11 is 0. The summed E-state index contributed by atoms with van der Waals surface area (Å²) in [7, 11) is -4.87. The number of nitrogens with zero attached hydrogens (tertiary/aromatic N) is 1. The van der Waals surface area contributed by atoms with Crippen LogP contribution in [0.1, 0.15) is 51.4 Å². The van der Waals surface area contributed by atoms with Crippen molar-refractivity contribution in [2.24, 2.45) is 0 Å². The Kier molecular flexibility index (Phi) is 15.5. The van der Waals surface area contributed by atoms with Gasteiger partial charge in [0.05, 0.1) is 50.7 Å². The third-order valence-corrected chi connectivity index (χ3v) is 5.47. The highest BCUT2D eigenvalue weighted by atomic mass is 32.2. The first kappa shape index (κ1) is 36.7.